The summed E-state index contributed by atoms with van der Waals surface area (Å²) in [5.41, 5.74) is -0.686. The van der Waals surface area contributed by atoms with Crippen LogP contribution in [0.4, 0.5) is 37.8 Å². The van der Waals surface area contributed by atoms with Gasteiger partial charge in [-0.3, -0.25) is 9.93 Å². The van der Waals surface area contributed by atoms with Crippen molar-refractivity contribution in [2.75, 3.05) is 36.5 Å². The molecular formula is C18H18F6N4O2S. The Hall–Kier alpha value is -2.51. The molecule has 3 N–H and O–H groups in total. The van der Waals surface area contributed by atoms with Crippen LogP contribution in [0, 0.1) is 0 Å². The Morgan fingerprint density at radius 3 is 2.42 bits per heavy atom. The number of hydrogen-bond acceptors (Lipinski definition) is 6. The number of carbonyl (C=O) groups excluding carboxylic acids is 1. The summed E-state index contributed by atoms with van der Waals surface area (Å²) >= 11 is 1.00. The largest absolute Gasteiger partial charge is 0.417 e. The highest BCUT2D eigenvalue weighted by atomic mass is 32.2. The maximum absolute atomic E-state index is 13.1. The Balaban J connectivity index is 0.000000785. The molecule has 170 valence electrons. The fourth-order valence-electron chi connectivity index (χ4n) is 2.65. The molecule has 0 unspecified atom stereocenters. The van der Waals surface area contributed by atoms with Crippen molar-refractivity contribution in [3.05, 3.63) is 47.7 Å². The van der Waals surface area contributed by atoms with Gasteiger partial charge in [-0.05, 0) is 36.2 Å². The molecule has 2 heterocycles. The van der Waals surface area contributed by atoms with Crippen LogP contribution < -0.4 is 15.4 Å². The lowest BCUT2D eigenvalue weighted by Crippen LogP contribution is -2.38. The number of benzene rings is 1. The molecule has 3 rings (SSSR count). The van der Waals surface area contributed by atoms with E-state index >= 15 is 0 Å². The van der Waals surface area contributed by atoms with Crippen LogP contribution in [0.25, 0.3) is 0 Å². The van der Waals surface area contributed by atoms with Crippen LogP contribution in [0.5, 0.6) is 0 Å². The van der Waals surface area contributed by atoms with Gasteiger partial charge in [-0.15, -0.1) is 0 Å². The Morgan fingerprint density at radius 2 is 1.84 bits per heavy atom. The zero-order chi connectivity index (χ0) is 23.0. The van der Waals surface area contributed by atoms with E-state index in [-0.39, 0.29) is 11.4 Å². The molecule has 6 nitrogen and oxygen atoms in total. The van der Waals surface area contributed by atoms with E-state index in [0.717, 1.165) is 24.2 Å². The number of nitrogens with two attached hydrogens (primary N) is 1. The molecule has 0 saturated carbocycles. The Bertz CT molecular complexity index is 876. The van der Waals surface area contributed by atoms with Crippen LogP contribution in [0.15, 0.2) is 41.4 Å². The molecular weight excluding hydrogens is 450 g/mol. The van der Waals surface area contributed by atoms with E-state index < -0.39 is 24.3 Å². The van der Waals surface area contributed by atoms with Gasteiger partial charge in [0.2, 0.25) is 0 Å². The zero-order valence-corrected chi connectivity index (χ0v) is 16.7. The molecule has 1 saturated heterocycles. The Morgan fingerprint density at radius 1 is 1.19 bits per heavy atom. The fraction of sp³-hybridized carbons (Fsp3) is 0.333. The number of halogens is 6. The van der Waals surface area contributed by atoms with Crippen LogP contribution in [0.3, 0.4) is 0 Å². The van der Waals surface area contributed by atoms with Crippen molar-refractivity contribution in [1.82, 2.24) is 4.98 Å². The number of carbonyl (C=O) groups is 1. The number of aromatic nitrogens is 1. The van der Waals surface area contributed by atoms with Crippen molar-refractivity contribution < 1.29 is 35.9 Å². The average molecular weight is 468 g/mol. The summed E-state index contributed by atoms with van der Waals surface area (Å²) in [7, 11) is 0. The molecule has 1 amide bonds. The summed E-state index contributed by atoms with van der Waals surface area (Å²) in [5, 5.41) is 8.12. The number of alkyl halides is 6. The van der Waals surface area contributed by atoms with Gasteiger partial charge in [-0.2, -0.15) is 26.3 Å². The van der Waals surface area contributed by atoms with Gasteiger partial charge in [0.15, 0.2) is 0 Å². The van der Waals surface area contributed by atoms with Gasteiger partial charge in [0.05, 0.1) is 24.3 Å². The quantitative estimate of drug-likeness (QED) is 0.514. The molecule has 1 fully saturated rings. The molecule has 0 radical (unpaired) electrons. The SMILES string of the molecule is FC(F)F.NSc1cccc(NC(=O)c2cc(C(F)(F)F)cnc2N2CCOCC2)c1. The molecule has 0 bridgehead atoms. The van der Waals surface area contributed by atoms with E-state index in [9.17, 15) is 31.1 Å². The zero-order valence-electron chi connectivity index (χ0n) is 15.8. The molecule has 2 aromatic rings. The lowest BCUT2D eigenvalue weighted by atomic mass is 10.1. The van der Waals surface area contributed by atoms with Crippen molar-refractivity contribution in [1.29, 1.82) is 0 Å². The van der Waals surface area contributed by atoms with Crippen LogP contribution >= 0.6 is 11.9 Å². The standard InChI is InChI=1S/C17H17F3N4O2S.CHF3/c18-17(19,20)11-8-14(15(22-10-11)24-4-6-26-7-5-24)16(25)23-12-2-1-3-13(9-12)27-21;2-1(3)4/h1-3,8-10H,4-7,21H2,(H,23,25);1H. The minimum absolute atomic E-state index is 0.141. The predicted octanol–water partition coefficient (Wildman–Crippen LogP) is 4.33. The lowest BCUT2D eigenvalue weighted by Gasteiger charge is -2.29. The highest BCUT2D eigenvalue weighted by Gasteiger charge is 2.33. The van der Waals surface area contributed by atoms with E-state index in [1.807, 2.05) is 0 Å². The summed E-state index contributed by atoms with van der Waals surface area (Å²) in [6, 6.07) is 7.54. The molecule has 1 aromatic heterocycles. The van der Waals surface area contributed by atoms with E-state index in [4.69, 9.17) is 9.88 Å². The van der Waals surface area contributed by atoms with Gasteiger partial charge in [-0.1, -0.05) is 6.07 Å². The summed E-state index contributed by atoms with van der Waals surface area (Å²) in [6.07, 6.45) is -3.85. The second-order valence-electron chi connectivity index (χ2n) is 6.04. The Kier molecular flexibility index (Phi) is 8.95. The van der Waals surface area contributed by atoms with E-state index in [1.165, 1.54) is 0 Å². The van der Waals surface area contributed by atoms with Gasteiger partial charge in [0, 0.05) is 29.9 Å². The van der Waals surface area contributed by atoms with Crippen LogP contribution in [0.1, 0.15) is 15.9 Å². The first-order valence-electron chi connectivity index (χ1n) is 8.72. The highest BCUT2D eigenvalue weighted by Crippen LogP contribution is 2.32. The molecule has 1 aliphatic rings. The van der Waals surface area contributed by atoms with Crippen molar-refractivity contribution in [2.24, 2.45) is 5.14 Å². The molecule has 1 aliphatic heterocycles. The van der Waals surface area contributed by atoms with Gasteiger partial charge >= 0.3 is 12.9 Å². The minimum Gasteiger partial charge on any atom is -0.378 e. The van der Waals surface area contributed by atoms with Crippen LogP contribution in [0.2, 0.25) is 0 Å². The van der Waals surface area contributed by atoms with Crippen molar-refractivity contribution in [2.45, 2.75) is 17.8 Å². The van der Waals surface area contributed by atoms with Gasteiger partial charge in [-0.25, -0.2) is 4.98 Å². The molecule has 13 heteroatoms. The van der Waals surface area contributed by atoms with E-state index in [2.05, 4.69) is 10.3 Å². The third-order valence-corrected chi connectivity index (χ3v) is 4.50. The van der Waals surface area contributed by atoms with Crippen molar-refractivity contribution in [3.8, 4) is 0 Å². The maximum Gasteiger partial charge on any atom is 0.417 e. The average Bonchev–Trinajstić information content (AvgIpc) is 2.73. The summed E-state index contributed by atoms with van der Waals surface area (Å²) < 4.78 is 73.6. The molecule has 31 heavy (non-hydrogen) atoms. The first kappa shape index (κ1) is 24.8. The van der Waals surface area contributed by atoms with Crippen molar-refractivity contribution in [3.63, 3.8) is 0 Å². The number of rotatable bonds is 4. The van der Waals surface area contributed by atoms with Crippen LogP contribution in [-0.4, -0.2) is 43.9 Å². The number of nitrogens with one attached hydrogen (secondary N) is 1. The lowest BCUT2D eigenvalue weighted by molar-refractivity contribution is -0.137. The number of anilines is 2. The topological polar surface area (TPSA) is 80.5 Å². The van der Waals surface area contributed by atoms with E-state index in [1.54, 1.807) is 29.2 Å². The summed E-state index contributed by atoms with van der Waals surface area (Å²) in [5.74, 6) is -0.470. The third-order valence-electron chi connectivity index (χ3n) is 3.98. The van der Waals surface area contributed by atoms with Gasteiger partial charge in [0.25, 0.3) is 5.91 Å². The van der Waals surface area contributed by atoms with Crippen molar-refractivity contribution >= 4 is 29.4 Å². The summed E-state index contributed by atoms with van der Waals surface area (Å²) in [6.45, 7) is -1.95. The minimum atomic E-state index is -4.60. The maximum atomic E-state index is 13.1. The van der Waals surface area contributed by atoms with Crippen LogP contribution in [-0.2, 0) is 10.9 Å². The highest BCUT2D eigenvalue weighted by molar-refractivity contribution is 7.97. The molecule has 0 spiro atoms. The normalized spacial score (nSPS) is 14.1. The number of nitrogens with zero attached hydrogens (tertiary/aromatic N) is 2. The summed E-state index contributed by atoms with van der Waals surface area (Å²) in [4.78, 5) is 19.1. The number of ether oxygens (including phenoxy) is 1. The molecule has 0 aliphatic carbocycles. The van der Waals surface area contributed by atoms with Gasteiger partial charge in [0.1, 0.15) is 5.82 Å². The first-order chi connectivity index (χ1) is 14.6. The number of amides is 1. The monoisotopic (exact) mass is 468 g/mol. The molecule has 0 atom stereocenters. The second kappa shape index (κ2) is 11.2. The number of hydrogen-bond donors (Lipinski definition) is 2. The Labute approximate surface area is 177 Å². The number of morpholine rings is 1. The predicted molar refractivity (Wildman–Crippen MR) is 104 cm³/mol. The third kappa shape index (κ3) is 7.60. The van der Waals surface area contributed by atoms with E-state index in [0.29, 0.717) is 36.9 Å². The smallest absolute Gasteiger partial charge is 0.378 e. The second-order valence-corrected chi connectivity index (χ2v) is 6.75. The van der Waals surface area contributed by atoms with Gasteiger partial charge < -0.3 is 15.0 Å². The fourth-order valence-corrected chi connectivity index (χ4v) is 3.00. The first-order valence-corrected chi connectivity index (χ1v) is 9.60. The number of pyridine rings is 1. The molecule has 1 aromatic carbocycles.